The van der Waals surface area contributed by atoms with E-state index in [-0.39, 0.29) is 23.9 Å². The highest BCUT2D eigenvalue weighted by Crippen LogP contribution is 2.11. The molecule has 2 atom stereocenters. The van der Waals surface area contributed by atoms with Crippen LogP contribution in [0.3, 0.4) is 0 Å². The Bertz CT molecular complexity index is 619. The Morgan fingerprint density at radius 2 is 1.78 bits per heavy atom. The minimum Gasteiger partial charge on any atom is -0.491 e. The van der Waals surface area contributed by atoms with Crippen LogP contribution in [0.25, 0.3) is 0 Å². The molecule has 0 radical (unpaired) electrons. The van der Waals surface area contributed by atoms with Crippen molar-refractivity contribution in [2.24, 2.45) is 0 Å². The average Bonchev–Trinajstić information content (AvgIpc) is 2.55. The first-order valence-corrected chi connectivity index (χ1v) is 7.40. The van der Waals surface area contributed by atoms with Gasteiger partial charge in [0.05, 0.1) is 12.1 Å². The van der Waals surface area contributed by atoms with Crippen molar-refractivity contribution in [3.63, 3.8) is 0 Å². The Morgan fingerprint density at radius 3 is 2.43 bits per heavy atom. The van der Waals surface area contributed by atoms with Crippen molar-refractivity contribution < 1.29 is 13.9 Å². The number of urea groups is 1. The Kier molecular flexibility index (Phi) is 5.91. The number of halogens is 1. The largest absolute Gasteiger partial charge is 0.491 e. The van der Waals surface area contributed by atoms with Gasteiger partial charge in [-0.2, -0.15) is 0 Å². The van der Waals surface area contributed by atoms with E-state index in [1.165, 1.54) is 12.1 Å². The fraction of sp³-hybridized carbons (Fsp3) is 0.294. The summed E-state index contributed by atoms with van der Waals surface area (Å²) < 4.78 is 18.3. The van der Waals surface area contributed by atoms with Crippen LogP contribution in [0.1, 0.15) is 25.5 Å². The number of hydrogen-bond donors (Lipinski definition) is 2. The second-order valence-electron chi connectivity index (χ2n) is 5.29. The normalized spacial score (nSPS) is 13.0. The monoisotopic (exact) mass is 317 g/mol. The van der Waals surface area contributed by atoms with Crippen LogP contribution in [0.2, 0.25) is 0 Å². The van der Waals surface area contributed by atoms with E-state index in [9.17, 15) is 9.18 Å². The number of nitrogens with one attached hydrogen (secondary N) is 2. The number of nitrogens with zero attached hydrogens (tertiary/aromatic N) is 1. The van der Waals surface area contributed by atoms with E-state index in [4.69, 9.17) is 4.74 Å². The molecule has 0 fully saturated rings. The van der Waals surface area contributed by atoms with Gasteiger partial charge in [0, 0.05) is 12.4 Å². The third-order valence-electron chi connectivity index (χ3n) is 3.24. The molecule has 0 saturated carbocycles. The van der Waals surface area contributed by atoms with Crippen molar-refractivity contribution in [2.75, 3.05) is 6.61 Å². The second-order valence-corrected chi connectivity index (χ2v) is 5.29. The van der Waals surface area contributed by atoms with Gasteiger partial charge < -0.3 is 15.4 Å². The average molecular weight is 317 g/mol. The molecule has 0 saturated heterocycles. The molecule has 5 nitrogen and oxygen atoms in total. The zero-order valence-corrected chi connectivity index (χ0v) is 13.1. The highest BCUT2D eigenvalue weighted by Gasteiger charge is 2.12. The van der Waals surface area contributed by atoms with Crippen molar-refractivity contribution in [3.8, 4) is 5.75 Å². The first-order chi connectivity index (χ1) is 11.0. The summed E-state index contributed by atoms with van der Waals surface area (Å²) in [7, 11) is 0. The van der Waals surface area contributed by atoms with E-state index in [1.807, 2.05) is 26.0 Å². The zero-order valence-electron chi connectivity index (χ0n) is 13.1. The second kappa shape index (κ2) is 8.12. The van der Waals surface area contributed by atoms with Gasteiger partial charge in [-0.05, 0) is 55.8 Å². The maximum absolute atomic E-state index is 12.8. The van der Waals surface area contributed by atoms with Crippen LogP contribution in [-0.4, -0.2) is 23.7 Å². The van der Waals surface area contributed by atoms with Crippen molar-refractivity contribution in [2.45, 2.75) is 25.9 Å². The first kappa shape index (κ1) is 16.7. The fourth-order valence-corrected chi connectivity index (χ4v) is 1.99. The van der Waals surface area contributed by atoms with Crippen LogP contribution < -0.4 is 15.4 Å². The molecule has 2 rings (SSSR count). The molecule has 0 bridgehead atoms. The quantitative estimate of drug-likeness (QED) is 0.861. The van der Waals surface area contributed by atoms with E-state index < -0.39 is 0 Å². The zero-order chi connectivity index (χ0) is 16.7. The van der Waals surface area contributed by atoms with Crippen molar-refractivity contribution in [3.05, 3.63) is 60.2 Å². The van der Waals surface area contributed by atoms with Crippen LogP contribution in [0.5, 0.6) is 5.75 Å². The molecule has 23 heavy (non-hydrogen) atoms. The number of aromatic nitrogens is 1. The molecule has 0 aliphatic heterocycles. The fourth-order valence-electron chi connectivity index (χ4n) is 1.99. The molecule has 2 aromatic rings. The van der Waals surface area contributed by atoms with E-state index in [1.54, 1.807) is 24.5 Å². The molecule has 0 aliphatic rings. The van der Waals surface area contributed by atoms with Gasteiger partial charge in [0.25, 0.3) is 0 Å². The first-order valence-electron chi connectivity index (χ1n) is 7.40. The number of carbonyl (C=O) groups excluding carboxylic acids is 1. The standard InChI is InChI=1S/C17H20FN3O2/c1-12(11-23-16-5-3-15(18)4-6-16)20-17(22)21-13(2)14-7-9-19-10-8-14/h3-10,12-13H,11H2,1-2H3,(H2,20,21,22). The lowest BCUT2D eigenvalue weighted by Gasteiger charge is -2.18. The number of hydrogen-bond acceptors (Lipinski definition) is 3. The number of pyridine rings is 1. The topological polar surface area (TPSA) is 63.2 Å². The summed E-state index contributed by atoms with van der Waals surface area (Å²) in [5.74, 6) is 0.249. The molecule has 1 aromatic carbocycles. The molecule has 2 unspecified atom stereocenters. The van der Waals surface area contributed by atoms with Crippen LogP contribution >= 0.6 is 0 Å². The predicted octanol–water partition coefficient (Wildman–Crippen LogP) is 3.05. The summed E-state index contributed by atoms with van der Waals surface area (Å²) in [5.41, 5.74) is 0.977. The molecule has 2 amide bonds. The number of rotatable bonds is 6. The summed E-state index contributed by atoms with van der Waals surface area (Å²) in [5, 5.41) is 5.65. The van der Waals surface area contributed by atoms with Crippen LogP contribution in [0.4, 0.5) is 9.18 Å². The lowest BCUT2D eigenvalue weighted by Crippen LogP contribution is -2.44. The van der Waals surface area contributed by atoms with Crippen molar-refractivity contribution >= 4 is 6.03 Å². The summed E-state index contributed by atoms with van der Waals surface area (Å²) in [6.07, 6.45) is 3.37. The SMILES string of the molecule is CC(COc1ccc(F)cc1)NC(=O)NC(C)c1ccncc1. The Hall–Kier alpha value is -2.63. The highest BCUT2D eigenvalue weighted by atomic mass is 19.1. The minimum absolute atomic E-state index is 0.122. The van der Waals surface area contributed by atoms with Gasteiger partial charge in [0.1, 0.15) is 18.2 Å². The van der Waals surface area contributed by atoms with Gasteiger partial charge in [-0.15, -0.1) is 0 Å². The van der Waals surface area contributed by atoms with E-state index in [2.05, 4.69) is 15.6 Å². The van der Waals surface area contributed by atoms with Crippen LogP contribution in [0, 0.1) is 5.82 Å². The summed E-state index contributed by atoms with van der Waals surface area (Å²) in [6.45, 7) is 4.03. The summed E-state index contributed by atoms with van der Waals surface area (Å²) >= 11 is 0. The van der Waals surface area contributed by atoms with E-state index in [0.717, 1.165) is 5.56 Å². The molecule has 0 spiro atoms. The van der Waals surface area contributed by atoms with Crippen molar-refractivity contribution in [1.29, 1.82) is 0 Å². The van der Waals surface area contributed by atoms with Crippen LogP contribution in [0.15, 0.2) is 48.8 Å². The van der Waals surface area contributed by atoms with Gasteiger partial charge in [0.15, 0.2) is 0 Å². The Morgan fingerprint density at radius 1 is 1.13 bits per heavy atom. The number of ether oxygens (including phenoxy) is 1. The molecule has 122 valence electrons. The molecular weight excluding hydrogens is 297 g/mol. The highest BCUT2D eigenvalue weighted by molar-refractivity contribution is 5.74. The van der Waals surface area contributed by atoms with E-state index in [0.29, 0.717) is 12.4 Å². The predicted molar refractivity (Wildman–Crippen MR) is 85.7 cm³/mol. The van der Waals surface area contributed by atoms with Gasteiger partial charge >= 0.3 is 6.03 Å². The maximum atomic E-state index is 12.8. The van der Waals surface area contributed by atoms with E-state index >= 15 is 0 Å². The molecule has 1 heterocycles. The smallest absolute Gasteiger partial charge is 0.315 e. The number of amides is 2. The molecule has 1 aromatic heterocycles. The Balaban J connectivity index is 1.75. The molecule has 2 N–H and O–H groups in total. The lowest BCUT2D eigenvalue weighted by atomic mass is 10.1. The Labute approximate surface area is 134 Å². The van der Waals surface area contributed by atoms with Gasteiger partial charge in [0.2, 0.25) is 0 Å². The van der Waals surface area contributed by atoms with Gasteiger partial charge in [-0.3, -0.25) is 4.98 Å². The van der Waals surface area contributed by atoms with Crippen molar-refractivity contribution in [1.82, 2.24) is 15.6 Å². The summed E-state index contributed by atoms with van der Waals surface area (Å²) in [4.78, 5) is 15.9. The van der Waals surface area contributed by atoms with Gasteiger partial charge in [-0.1, -0.05) is 0 Å². The van der Waals surface area contributed by atoms with Gasteiger partial charge in [-0.25, -0.2) is 9.18 Å². The number of carbonyl (C=O) groups is 1. The number of benzene rings is 1. The maximum Gasteiger partial charge on any atom is 0.315 e. The molecular formula is C17H20FN3O2. The summed E-state index contributed by atoms with van der Waals surface area (Å²) in [6, 6.07) is 8.88. The molecule has 0 aliphatic carbocycles. The lowest BCUT2D eigenvalue weighted by molar-refractivity contribution is 0.224. The minimum atomic E-state index is -0.312. The third-order valence-corrected chi connectivity index (χ3v) is 3.24. The van der Waals surface area contributed by atoms with Crippen LogP contribution in [-0.2, 0) is 0 Å². The molecule has 6 heteroatoms. The third kappa shape index (κ3) is 5.58.